The molecule has 0 spiro atoms. The van der Waals surface area contributed by atoms with E-state index in [1.807, 2.05) is 47.5 Å². The molecule has 2 aromatic rings. The molecular weight excluding hydrogens is 340 g/mol. The number of rotatable bonds is 6. The lowest BCUT2D eigenvalue weighted by atomic mass is 9.93. The summed E-state index contributed by atoms with van der Waals surface area (Å²) in [4.78, 5) is 20.0. The summed E-state index contributed by atoms with van der Waals surface area (Å²) in [5, 5.41) is 0. The summed E-state index contributed by atoms with van der Waals surface area (Å²) in [6.07, 6.45) is 3.65. The van der Waals surface area contributed by atoms with Crippen LogP contribution in [0.15, 0.2) is 48.7 Å². The van der Waals surface area contributed by atoms with Gasteiger partial charge in [0.25, 0.3) is 0 Å². The average molecular weight is 366 g/mol. The summed E-state index contributed by atoms with van der Waals surface area (Å²) in [6, 6.07) is 13.9. The SMILES string of the molecule is COC[C@@H]1CN(C(=O)C2(c3ccc(OC)cc3)CC2)C[C@H]1c1ccccn1. The van der Waals surface area contributed by atoms with Gasteiger partial charge in [0.15, 0.2) is 0 Å². The van der Waals surface area contributed by atoms with Crippen LogP contribution in [0.4, 0.5) is 0 Å². The predicted molar refractivity (Wildman–Crippen MR) is 103 cm³/mol. The Morgan fingerprint density at radius 2 is 1.93 bits per heavy atom. The largest absolute Gasteiger partial charge is 0.497 e. The smallest absolute Gasteiger partial charge is 0.233 e. The van der Waals surface area contributed by atoms with E-state index in [-0.39, 0.29) is 23.2 Å². The van der Waals surface area contributed by atoms with Gasteiger partial charge in [0, 0.05) is 43.9 Å². The fraction of sp³-hybridized carbons (Fsp3) is 0.455. The molecule has 142 valence electrons. The Morgan fingerprint density at radius 3 is 2.52 bits per heavy atom. The number of carbonyl (C=O) groups excluding carboxylic acids is 1. The number of aromatic nitrogens is 1. The number of likely N-dealkylation sites (tertiary alicyclic amines) is 1. The van der Waals surface area contributed by atoms with Crippen molar-refractivity contribution >= 4 is 5.91 Å². The van der Waals surface area contributed by atoms with Gasteiger partial charge in [-0.15, -0.1) is 0 Å². The van der Waals surface area contributed by atoms with Crippen LogP contribution >= 0.6 is 0 Å². The fourth-order valence-corrected chi connectivity index (χ4v) is 4.31. The zero-order chi connectivity index (χ0) is 18.9. The summed E-state index contributed by atoms with van der Waals surface area (Å²) >= 11 is 0. The first kappa shape index (κ1) is 18.0. The van der Waals surface area contributed by atoms with Crippen molar-refractivity contribution in [3.8, 4) is 5.75 Å². The topological polar surface area (TPSA) is 51.7 Å². The maximum absolute atomic E-state index is 13.4. The van der Waals surface area contributed by atoms with Crippen LogP contribution in [0, 0.1) is 5.92 Å². The molecule has 2 atom stereocenters. The Hall–Kier alpha value is -2.40. The van der Waals surface area contributed by atoms with E-state index in [2.05, 4.69) is 11.1 Å². The molecule has 4 rings (SSSR count). The fourth-order valence-electron chi connectivity index (χ4n) is 4.31. The van der Waals surface area contributed by atoms with Crippen LogP contribution in [-0.2, 0) is 14.9 Å². The van der Waals surface area contributed by atoms with Gasteiger partial charge < -0.3 is 14.4 Å². The second kappa shape index (κ2) is 7.31. The number of pyridine rings is 1. The minimum Gasteiger partial charge on any atom is -0.497 e. The van der Waals surface area contributed by atoms with Gasteiger partial charge in [0.05, 0.1) is 19.1 Å². The molecule has 5 nitrogen and oxygen atoms in total. The van der Waals surface area contributed by atoms with E-state index in [0.29, 0.717) is 13.2 Å². The van der Waals surface area contributed by atoms with E-state index in [0.717, 1.165) is 36.4 Å². The van der Waals surface area contributed by atoms with Crippen molar-refractivity contribution in [2.24, 2.45) is 5.92 Å². The van der Waals surface area contributed by atoms with E-state index >= 15 is 0 Å². The molecule has 1 aliphatic heterocycles. The second-order valence-corrected chi connectivity index (χ2v) is 7.60. The third kappa shape index (κ3) is 3.32. The van der Waals surface area contributed by atoms with Gasteiger partial charge in [-0.3, -0.25) is 9.78 Å². The van der Waals surface area contributed by atoms with E-state index in [4.69, 9.17) is 9.47 Å². The molecule has 5 heteroatoms. The van der Waals surface area contributed by atoms with Crippen LogP contribution in [-0.4, -0.2) is 49.7 Å². The Kier molecular flexibility index (Phi) is 4.87. The lowest BCUT2D eigenvalue weighted by Crippen LogP contribution is -2.38. The molecule has 1 aromatic carbocycles. The van der Waals surface area contributed by atoms with Crippen LogP contribution in [0.5, 0.6) is 5.75 Å². The molecule has 2 aliphatic rings. The zero-order valence-corrected chi connectivity index (χ0v) is 15.9. The molecule has 0 radical (unpaired) electrons. The number of carbonyl (C=O) groups is 1. The molecular formula is C22H26N2O3. The second-order valence-electron chi connectivity index (χ2n) is 7.60. The number of amides is 1. The molecule has 1 saturated heterocycles. The van der Waals surface area contributed by atoms with Crippen LogP contribution in [0.1, 0.15) is 30.0 Å². The number of methoxy groups -OCH3 is 2. The quantitative estimate of drug-likeness (QED) is 0.789. The van der Waals surface area contributed by atoms with Gasteiger partial charge in [-0.25, -0.2) is 0 Å². The summed E-state index contributed by atoms with van der Waals surface area (Å²) in [6.45, 7) is 2.08. The van der Waals surface area contributed by atoms with Crippen molar-refractivity contribution in [2.75, 3.05) is 33.9 Å². The maximum atomic E-state index is 13.4. The Balaban J connectivity index is 1.55. The van der Waals surface area contributed by atoms with Gasteiger partial charge >= 0.3 is 0 Å². The molecule has 1 amide bonds. The first-order valence-corrected chi connectivity index (χ1v) is 9.52. The Morgan fingerprint density at radius 1 is 1.15 bits per heavy atom. The van der Waals surface area contributed by atoms with Crippen molar-refractivity contribution in [1.82, 2.24) is 9.88 Å². The van der Waals surface area contributed by atoms with Gasteiger partial charge in [0.1, 0.15) is 5.75 Å². The average Bonchev–Trinajstić information content (AvgIpc) is 3.43. The third-order valence-corrected chi connectivity index (χ3v) is 5.98. The highest BCUT2D eigenvalue weighted by Crippen LogP contribution is 2.51. The van der Waals surface area contributed by atoms with Crippen molar-refractivity contribution in [3.05, 3.63) is 59.9 Å². The zero-order valence-electron chi connectivity index (χ0n) is 15.9. The molecule has 1 aromatic heterocycles. The van der Waals surface area contributed by atoms with E-state index in [9.17, 15) is 4.79 Å². The Labute approximate surface area is 160 Å². The molecule has 0 unspecified atom stereocenters. The molecule has 1 saturated carbocycles. The first-order valence-electron chi connectivity index (χ1n) is 9.52. The number of nitrogens with zero attached hydrogens (tertiary/aromatic N) is 2. The molecule has 27 heavy (non-hydrogen) atoms. The first-order chi connectivity index (χ1) is 13.2. The monoisotopic (exact) mass is 366 g/mol. The van der Waals surface area contributed by atoms with Crippen molar-refractivity contribution in [3.63, 3.8) is 0 Å². The highest BCUT2D eigenvalue weighted by atomic mass is 16.5. The standard InChI is InChI=1S/C22H26N2O3/c1-26-15-16-13-24(14-19(16)20-5-3-4-12-23-20)21(25)22(10-11-22)17-6-8-18(27-2)9-7-17/h3-9,12,16,19H,10-11,13-15H2,1-2H3/t16-,19+/m0/s1. The lowest BCUT2D eigenvalue weighted by Gasteiger charge is -2.24. The molecule has 2 heterocycles. The van der Waals surface area contributed by atoms with E-state index < -0.39 is 0 Å². The number of hydrogen-bond donors (Lipinski definition) is 0. The van der Waals surface area contributed by atoms with Crippen molar-refractivity contribution in [1.29, 1.82) is 0 Å². The summed E-state index contributed by atoms with van der Waals surface area (Å²) in [5.74, 6) is 1.56. The minimum atomic E-state index is -0.358. The van der Waals surface area contributed by atoms with Crippen molar-refractivity contribution in [2.45, 2.75) is 24.2 Å². The highest BCUT2D eigenvalue weighted by molar-refractivity contribution is 5.91. The van der Waals surface area contributed by atoms with Crippen molar-refractivity contribution < 1.29 is 14.3 Å². The molecule has 1 aliphatic carbocycles. The number of benzene rings is 1. The van der Waals surface area contributed by atoms with Gasteiger partial charge in [0.2, 0.25) is 5.91 Å². The van der Waals surface area contributed by atoms with E-state index in [1.54, 1.807) is 14.2 Å². The van der Waals surface area contributed by atoms with Gasteiger partial charge in [-0.2, -0.15) is 0 Å². The summed E-state index contributed by atoms with van der Waals surface area (Å²) in [7, 11) is 3.38. The molecule has 2 fully saturated rings. The molecule has 0 N–H and O–H groups in total. The van der Waals surface area contributed by atoms with Gasteiger partial charge in [-0.1, -0.05) is 18.2 Å². The van der Waals surface area contributed by atoms with E-state index in [1.165, 1.54) is 0 Å². The van der Waals surface area contributed by atoms with Crippen LogP contribution < -0.4 is 4.74 Å². The predicted octanol–water partition coefficient (Wildman–Crippen LogP) is 3.01. The lowest BCUT2D eigenvalue weighted by molar-refractivity contribution is -0.133. The van der Waals surface area contributed by atoms with Crippen LogP contribution in [0.3, 0.4) is 0 Å². The van der Waals surface area contributed by atoms with Crippen LogP contribution in [0.25, 0.3) is 0 Å². The summed E-state index contributed by atoms with van der Waals surface area (Å²) in [5.41, 5.74) is 1.78. The third-order valence-electron chi connectivity index (χ3n) is 5.98. The minimum absolute atomic E-state index is 0.224. The molecule has 0 bridgehead atoms. The summed E-state index contributed by atoms with van der Waals surface area (Å²) < 4.78 is 10.7. The normalized spacial score (nSPS) is 23.3. The van der Waals surface area contributed by atoms with Gasteiger partial charge in [-0.05, 0) is 42.7 Å². The Bertz CT molecular complexity index is 787. The number of ether oxygens (including phenoxy) is 2. The van der Waals surface area contributed by atoms with Crippen LogP contribution in [0.2, 0.25) is 0 Å². The maximum Gasteiger partial charge on any atom is 0.233 e. The number of hydrogen-bond acceptors (Lipinski definition) is 4. The highest BCUT2D eigenvalue weighted by Gasteiger charge is 2.54.